The van der Waals surface area contributed by atoms with Crippen LogP contribution in [-0.2, 0) is 6.42 Å². The van der Waals surface area contributed by atoms with Crippen molar-refractivity contribution in [3.63, 3.8) is 0 Å². The second-order valence-electron chi connectivity index (χ2n) is 8.28. The van der Waals surface area contributed by atoms with E-state index in [1.165, 1.54) is 5.56 Å². The molecule has 1 fully saturated rings. The first-order chi connectivity index (χ1) is 14.7. The summed E-state index contributed by atoms with van der Waals surface area (Å²) in [6, 6.07) is 20.3. The zero-order valence-corrected chi connectivity index (χ0v) is 17.4. The van der Waals surface area contributed by atoms with Gasteiger partial charge in [-0.3, -0.25) is 4.79 Å². The highest BCUT2D eigenvalue weighted by atomic mass is 16.5. The number of carbonyl (C=O) groups excluding carboxylic acids is 1. The number of benzene rings is 3. The van der Waals surface area contributed by atoms with E-state index >= 15 is 0 Å². The Morgan fingerprint density at radius 3 is 2.60 bits per heavy atom. The number of fused-ring (bicyclic) bond motifs is 2. The fraction of sp³-hybridized carbons (Fsp3) is 0.346. The molecular weight excluding hydrogens is 374 g/mol. The molecule has 2 aliphatic heterocycles. The molecule has 0 atom stereocenters. The van der Waals surface area contributed by atoms with Gasteiger partial charge < -0.3 is 14.4 Å². The van der Waals surface area contributed by atoms with Crippen LogP contribution in [0.25, 0.3) is 10.8 Å². The molecule has 0 saturated carbocycles. The molecule has 4 nitrogen and oxygen atoms in total. The lowest BCUT2D eigenvalue weighted by Gasteiger charge is -2.44. The average Bonchev–Trinajstić information content (AvgIpc) is 2.79. The number of ether oxygens (including phenoxy) is 2. The molecule has 0 radical (unpaired) electrons. The molecule has 1 spiro atoms. The predicted octanol–water partition coefficient (Wildman–Crippen LogP) is 5.24. The monoisotopic (exact) mass is 401 g/mol. The summed E-state index contributed by atoms with van der Waals surface area (Å²) in [5.41, 5.74) is 1.83. The lowest BCUT2D eigenvalue weighted by Crippen LogP contribution is -2.51. The first-order valence-electron chi connectivity index (χ1n) is 10.9. The maximum atomic E-state index is 13.6. The van der Waals surface area contributed by atoms with Gasteiger partial charge in [0.1, 0.15) is 17.1 Å². The van der Waals surface area contributed by atoms with Gasteiger partial charge in [0.05, 0.1) is 12.2 Å². The number of aryl methyl sites for hydroxylation is 1. The molecule has 30 heavy (non-hydrogen) atoms. The molecule has 0 N–H and O–H groups in total. The lowest BCUT2D eigenvalue weighted by molar-refractivity contribution is -0.0107. The Hall–Kier alpha value is -3.01. The third kappa shape index (κ3) is 3.30. The summed E-state index contributed by atoms with van der Waals surface area (Å²) in [5, 5.41) is 2.02. The van der Waals surface area contributed by atoms with Crippen molar-refractivity contribution < 1.29 is 14.3 Å². The fourth-order valence-electron chi connectivity index (χ4n) is 4.83. The summed E-state index contributed by atoms with van der Waals surface area (Å²) < 4.78 is 12.3. The lowest BCUT2D eigenvalue weighted by atomic mass is 9.83. The van der Waals surface area contributed by atoms with Gasteiger partial charge in [-0.25, -0.2) is 0 Å². The summed E-state index contributed by atoms with van der Waals surface area (Å²) in [7, 11) is 0. The molecule has 2 heterocycles. The Balaban J connectivity index is 1.39. The van der Waals surface area contributed by atoms with Gasteiger partial charge in [0.2, 0.25) is 0 Å². The summed E-state index contributed by atoms with van der Waals surface area (Å²) in [6.07, 6.45) is 3.79. The van der Waals surface area contributed by atoms with Gasteiger partial charge in [-0.2, -0.15) is 0 Å². The molecule has 0 aliphatic carbocycles. The van der Waals surface area contributed by atoms with E-state index in [9.17, 15) is 4.79 Å². The Bertz CT molecular complexity index is 1080. The van der Waals surface area contributed by atoms with Crippen LogP contribution in [0, 0.1) is 0 Å². The minimum Gasteiger partial charge on any atom is -0.493 e. The van der Waals surface area contributed by atoms with E-state index in [1.54, 1.807) is 0 Å². The van der Waals surface area contributed by atoms with Crippen molar-refractivity contribution in [2.24, 2.45) is 0 Å². The quantitative estimate of drug-likeness (QED) is 0.603. The van der Waals surface area contributed by atoms with Gasteiger partial charge in [0.15, 0.2) is 0 Å². The van der Waals surface area contributed by atoms with Gasteiger partial charge in [0.25, 0.3) is 5.91 Å². The van der Waals surface area contributed by atoms with Crippen LogP contribution in [0.1, 0.15) is 42.1 Å². The van der Waals surface area contributed by atoms with Crippen molar-refractivity contribution in [3.8, 4) is 11.5 Å². The van der Waals surface area contributed by atoms with Crippen molar-refractivity contribution in [1.82, 2.24) is 4.90 Å². The average molecular weight is 402 g/mol. The standard InChI is InChI=1S/C26H27NO3/c1-2-29-23-12-11-19-7-3-5-9-21(19)24(23)25(28)27-17-15-26(16-18-27)14-13-20-8-4-6-10-22(20)30-26/h3-12H,2,13-18H2,1H3. The molecule has 3 aromatic carbocycles. The van der Waals surface area contributed by atoms with Crippen molar-refractivity contribution in [3.05, 3.63) is 71.8 Å². The molecule has 1 saturated heterocycles. The Morgan fingerprint density at radius 2 is 1.77 bits per heavy atom. The van der Waals surface area contributed by atoms with Crippen molar-refractivity contribution in [2.45, 2.75) is 38.2 Å². The summed E-state index contributed by atoms with van der Waals surface area (Å²) >= 11 is 0. The molecule has 1 amide bonds. The fourth-order valence-corrected chi connectivity index (χ4v) is 4.83. The van der Waals surface area contributed by atoms with Crippen LogP contribution < -0.4 is 9.47 Å². The first kappa shape index (κ1) is 19.0. The van der Waals surface area contributed by atoms with Gasteiger partial charge in [0, 0.05) is 25.9 Å². The molecule has 0 unspecified atom stereocenters. The number of piperidine rings is 1. The Morgan fingerprint density at radius 1 is 1.00 bits per heavy atom. The van der Waals surface area contributed by atoms with E-state index in [0.717, 1.165) is 42.2 Å². The zero-order chi connectivity index (χ0) is 20.6. The van der Waals surface area contributed by atoms with Crippen LogP contribution in [0.2, 0.25) is 0 Å². The molecule has 0 bridgehead atoms. The molecule has 5 rings (SSSR count). The van der Waals surface area contributed by atoms with E-state index in [4.69, 9.17) is 9.47 Å². The van der Waals surface area contributed by atoms with E-state index in [2.05, 4.69) is 18.2 Å². The number of likely N-dealkylation sites (tertiary alicyclic amines) is 1. The predicted molar refractivity (Wildman–Crippen MR) is 118 cm³/mol. The Labute approximate surface area is 177 Å². The second kappa shape index (κ2) is 7.67. The number of amides is 1. The minimum atomic E-state index is -0.146. The number of nitrogens with zero attached hydrogens (tertiary/aromatic N) is 1. The maximum Gasteiger partial charge on any atom is 0.258 e. The highest BCUT2D eigenvalue weighted by Crippen LogP contribution is 2.40. The van der Waals surface area contributed by atoms with E-state index in [-0.39, 0.29) is 11.5 Å². The van der Waals surface area contributed by atoms with Crippen LogP contribution in [-0.4, -0.2) is 36.1 Å². The number of carbonyl (C=O) groups is 1. The summed E-state index contributed by atoms with van der Waals surface area (Å²) in [4.78, 5) is 15.6. The second-order valence-corrected chi connectivity index (χ2v) is 8.28. The van der Waals surface area contributed by atoms with Crippen LogP contribution in [0.3, 0.4) is 0 Å². The summed E-state index contributed by atoms with van der Waals surface area (Å²) in [6.45, 7) is 3.90. The first-order valence-corrected chi connectivity index (χ1v) is 10.9. The van der Waals surface area contributed by atoms with Crippen LogP contribution in [0.5, 0.6) is 11.5 Å². The topological polar surface area (TPSA) is 38.8 Å². The maximum absolute atomic E-state index is 13.6. The molecule has 2 aliphatic rings. The van der Waals surface area contributed by atoms with Crippen LogP contribution in [0.4, 0.5) is 0 Å². The number of para-hydroxylation sites is 1. The van der Waals surface area contributed by atoms with Crippen LogP contribution >= 0.6 is 0 Å². The molecular formula is C26H27NO3. The van der Waals surface area contributed by atoms with Gasteiger partial charge in [-0.15, -0.1) is 0 Å². The van der Waals surface area contributed by atoms with E-state index < -0.39 is 0 Å². The van der Waals surface area contributed by atoms with Gasteiger partial charge in [-0.1, -0.05) is 48.5 Å². The summed E-state index contributed by atoms with van der Waals surface area (Å²) in [5.74, 6) is 1.74. The number of rotatable bonds is 3. The molecule has 154 valence electrons. The molecule has 3 aromatic rings. The van der Waals surface area contributed by atoms with Gasteiger partial charge in [-0.05, 0) is 48.2 Å². The number of hydrogen-bond donors (Lipinski definition) is 0. The highest BCUT2D eigenvalue weighted by Gasteiger charge is 2.40. The van der Waals surface area contributed by atoms with Crippen LogP contribution in [0.15, 0.2) is 60.7 Å². The minimum absolute atomic E-state index is 0.0568. The van der Waals surface area contributed by atoms with Crippen molar-refractivity contribution in [1.29, 1.82) is 0 Å². The van der Waals surface area contributed by atoms with Crippen molar-refractivity contribution in [2.75, 3.05) is 19.7 Å². The molecule has 0 aromatic heterocycles. The molecule has 4 heteroatoms. The SMILES string of the molecule is CCOc1ccc2ccccc2c1C(=O)N1CCC2(CCc3ccccc3O2)CC1. The van der Waals surface area contributed by atoms with E-state index in [0.29, 0.717) is 31.0 Å². The normalized spacial score (nSPS) is 17.4. The van der Waals surface area contributed by atoms with Gasteiger partial charge >= 0.3 is 0 Å². The third-order valence-corrected chi connectivity index (χ3v) is 6.52. The Kier molecular flexibility index (Phi) is 4.86. The smallest absolute Gasteiger partial charge is 0.258 e. The third-order valence-electron chi connectivity index (χ3n) is 6.52. The largest absolute Gasteiger partial charge is 0.493 e. The highest BCUT2D eigenvalue weighted by molar-refractivity contribution is 6.09. The number of hydrogen-bond acceptors (Lipinski definition) is 3. The zero-order valence-electron chi connectivity index (χ0n) is 17.4. The van der Waals surface area contributed by atoms with Crippen molar-refractivity contribution >= 4 is 16.7 Å². The van der Waals surface area contributed by atoms with E-state index in [1.807, 2.05) is 54.3 Å².